The van der Waals surface area contributed by atoms with E-state index in [1.807, 2.05) is 13.8 Å². The van der Waals surface area contributed by atoms with Crippen LogP contribution in [0.15, 0.2) is 11.0 Å². The topological polar surface area (TPSA) is 60.4 Å². The fourth-order valence-corrected chi connectivity index (χ4v) is 3.82. The summed E-state index contributed by atoms with van der Waals surface area (Å²) in [5.74, 6) is -0.0584. The van der Waals surface area contributed by atoms with Crippen molar-refractivity contribution in [2.45, 2.75) is 32.1 Å². The summed E-state index contributed by atoms with van der Waals surface area (Å²) in [5.41, 5.74) is 0. The van der Waals surface area contributed by atoms with Crippen LogP contribution >= 0.6 is 22.0 Å². The second-order valence-electron chi connectivity index (χ2n) is 4.29. The van der Waals surface area contributed by atoms with Crippen LogP contribution in [0.3, 0.4) is 0 Å². The van der Waals surface area contributed by atoms with E-state index in [4.69, 9.17) is 15.4 Å². The Morgan fingerprint density at radius 1 is 1.50 bits per heavy atom. The number of rotatable bonds is 5. The number of esters is 1. The van der Waals surface area contributed by atoms with Crippen molar-refractivity contribution in [2.75, 3.05) is 6.61 Å². The molecular weight excluding hydrogens is 296 g/mol. The van der Waals surface area contributed by atoms with Gasteiger partial charge in [-0.1, -0.05) is 13.8 Å². The third-order valence-electron chi connectivity index (χ3n) is 2.26. The molecule has 1 aromatic heterocycles. The molecule has 0 N–H and O–H groups in total. The second-order valence-corrected chi connectivity index (χ2v) is 8.08. The van der Waals surface area contributed by atoms with Crippen LogP contribution in [-0.4, -0.2) is 21.0 Å². The lowest BCUT2D eigenvalue weighted by Crippen LogP contribution is -2.06. The molecule has 0 spiro atoms. The van der Waals surface area contributed by atoms with E-state index in [1.165, 1.54) is 6.07 Å². The summed E-state index contributed by atoms with van der Waals surface area (Å²) in [6.07, 6.45) is 0.775. The first kappa shape index (κ1) is 15.5. The molecule has 0 aliphatic carbocycles. The van der Waals surface area contributed by atoms with Crippen molar-refractivity contribution >= 4 is 37.0 Å². The van der Waals surface area contributed by atoms with E-state index in [9.17, 15) is 13.2 Å². The molecule has 0 bridgehead atoms. The molecule has 0 atom stereocenters. The van der Waals surface area contributed by atoms with Gasteiger partial charge in [-0.05, 0) is 25.3 Å². The molecule has 7 heteroatoms. The average molecular weight is 311 g/mol. The van der Waals surface area contributed by atoms with Crippen LogP contribution in [0.25, 0.3) is 0 Å². The van der Waals surface area contributed by atoms with Gasteiger partial charge in [-0.25, -0.2) is 13.2 Å². The van der Waals surface area contributed by atoms with Gasteiger partial charge in [-0.2, -0.15) is 0 Å². The Morgan fingerprint density at radius 2 is 2.11 bits per heavy atom. The van der Waals surface area contributed by atoms with Crippen LogP contribution in [0.5, 0.6) is 0 Å². The Balaban J connectivity index is 2.77. The maximum absolute atomic E-state index is 11.7. The first-order chi connectivity index (χ1) is 8.21. The maximum atomic E-state index is 11.7. The van der Waals surface area contributed by atoms with E-state index in [0.29, 0.717) is 17.4 Å². The molecule has 1 aromatic rings. The van der Waals surface area contributed by atoms with Crippen molar-refractivity contribution in [3.8, 4) is 0 Å². The summed E-state index contributed by atoms with van der Waals surface area (Å²) >= 11 is 1.07. The fraction of sp³-hybridized carbons (Fsp3) is 0.545. The summed E-state index contributed by atoms with van der Waals surface area (Å²) in [4.78, 5) is 12.4. The molecule has 4 nitrogen and oxygen atoms in total. The van der Waals surface area contributed by atoms with Crippen LogP contribution in [0.1, 0.15) is 34.8 Å². The van der Waals surface area contributed by atoms with Gasteiger partial charge in [0.25, 0.3) is 9.05 Å². The smallest absolute Gasteiger partial charge is 0.348 e. The Labute approximate surface area is 115 Å². The van der Waals surface area contributed by atoms with Gasteiger partial charge in [0, 0.05) is 15.6 Å². The number of carbonyl (C=O) groups is 1. The monoisotopic (exact) mass is 310 g/mol. The quantitative estimate of drug-likeness (QED) is 0.619. The summed E-state index contributed by atoms with van der Waals surface area (Å²) in [5, 5.41) is 0. The van der Waals surface area contributed by atoms with Crippen LogP contribution in [0.2, 0.25) is 0 Å². The number of hydrogen-bond acceptors (Lipinski definition) is 5. The first-order valence-electron chi connectivity index (χ1n) is 5.44. The Kier molecular flexibility index (Phi) is 5.19. The molecular formula is C11H15ClO4S2. The van der Waals surface area contributed by atoms with Gasteiger partial charge in [0.05, 0.1) is 11.5 Å². The zero-order chi connectivity index (χ0) is 13.9. The Morgan fingerprint density at radius 3 is 2.56 bits per heavy atom. The van der Waals surface area contributed by atoms with Crippen molar-refractivity contribution in [1.82, 2.24) is 0 Å². The highest BCUT2D eigenvalue weighted by molar-refractivity contribution is 8.13. The van der Waals surface area contributed by atoms with Crippen LogP contribution in [-0.2, 0) is 13.8 Å². The van der Waals surface area contributed by atoms with E-state index in [0.717, 1.165) is 17.8 Å². The molecule has 0 amide bonds. The largest absolute Gasteiger partial charge is 0.461 e. The van der Waals surface area contributed by atoms with E-state index in [1.54, 1.807) is 6.92 Å². The molecule has 0 saturated heterocycles. The lowest BCUT2D eigenvalue weighted by Gasteiger charge is -2.04. The Hall–Kier alpha value is -0.590. The van der Waals surface area contributed by atoms with Crippen molar-refractivity contribution in [3.63, 3.8) is 0 Å². The van der Waals surface area contributed by atoms with Gasteiger partial charge in [0.1, 0.15) is 4.88 Å². The number of hydrogen-bond donors (Lipinski definition) is 0. The molecule has 102 valence electrons. The van der Waals surface area contributed by atoms with Gasteiger partial charge in [0.2, 0.25) is 0 Å². The SMILES string of the molecule is Cc1sc(C(=O)OCCC(C)C)cc1S(=O)(=O)Cl. The summed E-state index contributed by atoms with van der Waals surface area (Å²) in [6, 6.07) is 1.26. The van der Waals surface area contributed by atoms with Crippen LogP contribution in [0.4, 0.5) is 0 Å². The zero-order valence-corrected chi connectivity index (χ0v) is 12.8. The minimum absolute atomic E-state index is 0.0232. The summed E-state index contributed by atoms with van der Waals surface area (Å²) in [7, 11) is 1.45. The molecule has 0 aliphatic heterocycles. The molecule has 0 aliphatic rings. The van der Waals surface area contributed by atoms with Gasteiger partial charge < -0.3 is 4.74 Å². The van der Waals surface area contributed by atoms with E-state index < -0.39 is 15.0 Å². The van der Waals surface area contributed by atoms with E-state index in [-0.39, 0.29) is 9.77 Å². The minimum atomic E-state index is -3.81. The lowest BCUT2D eigenvalue weighted by atomic mass is 10.1. The van der Waals surface area contributed by atoms with Gasteiger partial charge in [0.15, 0.2) is 0 Å². The molecule has 0 fully saturated rings. The van der Waals surface area contributed by atoms with Crippen molar-refractivity contribution < 1.29 is 17.9 Å². The zero-order valence-electron chi connectivity index (χ0n) is 10.4. The van der Waals surface area contributed by atoms with Crippen molar-refractivity contribution in [3.05, 3.63) is 15.8 Å². The fourth-order valence-electron chi connectivity index (χ4n) is 1.27. The number of carbonyl (C=O) groups excluding carboxylic acids is 1. The predicted octanol–water partition coefficient (Wildman–Crippen LogP) is 3.19. The first-order valence-corrected chi connectivity index (χ1v) is 8.56. The highest BCUT2D eigenvalue weighted by atomic mass is 35.7. The molecule has 0 aromatic carbocycles. The molecule has 1 rings (SSSR count). The molecule has 0 unspecified atom stereocenters. The van der Waals surface area contributed by atoms with Gasteiger partial charge in [-0.15, -0.1) is 11.3 Å². The number of ether oxygens (including phenoxy) is 1. The summed E-state index contributed by atoms with van der Waals surface area (Å²) < 4.78 is 27.5. The van der Waals surface area contributed by atoms with E-state index in [2.05, 4.69) is 0 Å². The van der Waals surface area contributed by atoms with Crippen molar-refractivity contribution in [1.29, 1.82) is 0 Å². The van der Waals surface area contributed by atoms with E-state index >= 15 is 0 Å². The molecule has 18 heavy (non-hydrogen) atoms. The molecule has 1 heterocycles. The number of halogens is 1. The standard InChI is InChI=1S/C11H15ClO4S2/c1-7(2)4-5-16-11(13)9-6-10(8(3)17-9)18(12,14)15/h6-7H,4-5H2,1-3H3. The average Bonchev–Trinajstić information content (AvgIpc) is 2.59. The molecule has 0 radical (unpaired) electrons. The minimum Gasteiger partial charge on any atom is -0.461 e. The number of aryl methyl sites for hydroxylation is 1. The highest BCUT2D eigenvalue weighted by Gasteiger charge is 2.21. The second kappa shape index (κ2) is 6.04. The molecule has 0 saturated carbocycles. The highest BCUT2D eigenvalue weighted by Crippen LogP contribution is 2.28. The van der Waals surface area contributed by atoms with Gasteiger partial charge >= 0.3 is 5.97 Å². The Bertz CT molecular complexity index is 531. The van der Waals surface area contributed by atoms with Gasteiger partial charge in [-0.3, -0.25) is 0 Å². The normalized spacial score (nSPS) is 11.8. The van der Waals surface area contributed by atoms with Crippen molar-refractivity contribution in [2.24, 2.45) is 5.92 Å². The summed E-state index contributed by atoms with van der Waals surface area (Å²) in [6.45, 7) is 5.99. The third-order valence-corrected chi connectivity index (χ3v) is 4.87. The number of thiophene rings is 1. The lowest BCUT2D eigenvalue weighted by molar-refractivity contribution is 0.0493. The third kappa shape index (κ3) is 4.26. The predicted molar refractivity (Wildman–Crippen MR) is 71.8 cm³/mol. The van der Waals surface area contributed by atoms with Crippen LogP contribution in [0, 0.1) is 12.8 Å². The maximum Gasteiger partial charge on any atom is 0.348 e. The van der Waals surface area contributed by atoms with Crippen LogP contribution < -0.4 is 0 Å².